The van der Waals surface area contributed by atoms with E-state index in [-0.39, 0.29) is 17.1 Å². The molecular weight excluding hydrogens is 448 g/mol. The molecule has 1 heterocycles. The lowest BCUT2D eigenvalue weighted by molar-refractivity contribution is -0.119. The summed E-state index contributed by atoms with van der Waals surface area (Å²) in [5.41, 5.74) is 1.79. The molecule has 3 aromatic carbocycles. The van der Waals surface area contributed by atoms with Crippen LogP contribution in [-0.2, 0) is 9.53 Å². The van der Waals surface area contributed by atoms with E-state index >= 15 is 0 Å². The zero-order chi connectivity index (χ0) is 24.6. The topological polar surface area (TPSA) is 115 Å². The number of hydrogen-bond donors (Lipinski definition) is 2. The van der Waals surface area contributed by atoms with Crippen LogP contribution in [0.15, 0.2) is 102 Å². The van der Waals surface area contributed by atoms with Gasteiger partial charge in [-0.3, -0.25) is 14.4 Å². The summed E-state index contributed by atoms with van der Waals surface area (Å²) in [6.07, 6.45) is 1.39. The largest absolute Gasteiger partial charge is 0.459 e. The van der Waals surface area contributed by atoms with Crippen molar-refractivity contribution in [3.8, 4) is 0 Å². The Labute approximate surface area is 200 Å². The molecule has 35 heavy (non-hydrogen) atoms. The zero-order valence-corrected chi connectivity index (χ0v) is 18.4. The molecule has 1 aromatic heterocycles. The molecule has 4 aromatic rings. The van der Waals surface area contributed by atoms with Gasteiger partial charge in [0.05, 0.1) is 17.5 Å². The van der Waals surface area contributed by atoms with Gasteiger partial charge in [0.2, 0.25) is 0 Å². The van der Waals surface area contributed by atoms with Crippen LogP contribution >= 0.6 is 0 Å². The lowest BCUT2D eigenvalue weighted by atomic mass is 10.0. The fourth-order valence-corrected chi connectivity index (χ4v) is 3.23. The maximum Gasteiger partial charge on any atom is 0.338 e. The summed E-state index contributed by atoms with van der Waals surface area (Å²) >= 11 is 0. The van der Waals surface area contributed by atoms with E-state index in [4.69, 9.17) is 9.15 Å². The van der Waals surface area contributed by atoms with Crippen molar-refractivity contribution in [3.05, 3.63) is 120 Å². The summed E-state index contributed by atoms with van der Waals surface area (Å²) in [6.45, 7) is -0.538. The number of carbonyl (C=O) groups excluding carboxylic acids is 4. The molecule has 0 bridgehead atoms. The molecular formula is C27H20N2O6. The number of ether oxygens (including phenoxy) is 1. The Morgan fingerprint density at radius 1 is 0.714 bits per heavy atom. The Hall–Kier alpha value is -4.98. The van der Waals surface area contributed by atoms with Gasteiger partial charge in [-0.25, -0.2) is 4.79 Å². The highest BCUT2D eigenvalue weighted by atomic mass is 16.5. The van der Waals surface area contributed by atoms with Gasteiger partial charge in [-0.15, -0.1) is 0 Å². The number of carbonyl (C=O) groups is 4. The molecule has 0 saturated carbocycles. The van der Waals surface area contributed by atoms with Crippen molar-refractivity contribution in [2.45, 2.75) is 0 Å². The molecule has 8 nitrogen and oxygen atoms in total. The first-order valence-electron chi connectivity index (χ1n) is 10.6. The number of anilines is 2. The minimum Gasteiger partial charge on any atom is -0.459 e. The van der Waals surface area contributed by atoms with Gasteiger partial charge in [0, 0.05) is 16.8 Å². The molecule has 0 aliphatic rings. The van der Waals surface area contributed by atoms with Crippen LogP contribution in [0.1, 0.15) is 36.8 Å². The summed E-state index contributed by atoms with van der Waals surface area (Å²) in [5, 5.41) is 5.26. The second-order valence-electron chi connectivity index (χ2n) is 7.37. The van der Waals surface area contributed by atoms with Gasteiger partial charge in [-0.05, 0) is 48.5 Å². The Morgan fingerprint density at radius 3 is 2.14 bits per heavy atom. The maximum atomic E-state index is 12.8. The molecule has 174 valence electrons. The molecule has 8 heteroatoms. The molecule has 0 saturated heterocycles. The van der Waals surface area contributed by atoms with Crippen molar-refractivity contribution in [1.29, 1.82) is 0 Å². The van der Waals surface area contributed by atoms with Gasteiger partial charge in [-0.2, -0.15) is 0 Å². The van der Waals surface area contributed by atoms with E-state index in [1.165, 1.54) is 36.6 Å². The molecule has 0 aliphatic carbocycles. The predicted octanol–water partition coefficient (Wildman–Crippen LogP) is 4.56. The van der Waals surface area contributed by atoms with E-state index in [9.17, 15) is 19.2 Å². The van der Waals surface area contributed by atoms with Crippen LogP contribution < -0.4 is 10.6 Å². The second kappa shape index (κ2) is 10.8. The number of hydrogen-bond acceptors (Lipinski definition) is 6. The van der Waals surface area contributed by atoms with Crippen LogP contribution in [0.3, 0.4) is 0 Å². The van der Waals surface area contributed by atoms with Crippen LogP contribution in [0.4, 0.5) is 11.4 Å². The highest BCUT2D eigenvalue weighted by molar-refractivity contribution is 6.14. The molecule has 0 radical (unpaired) electrons. The summed E-state index contributed by atoms with van der Waals surface area (Å²) in [4.78, 5) is 49.5. The average Bonchev–Trinajstić information content (AvgIpc) is 3.44. The van der Waals surface area contributed by atoms with E-state index in [0.29, 0.717) is 22.5 Å². The summed E-state index contributed by atoms with van der Waals surface area (Å²) in [5.74, 6) is -1.80. The third-order valence-electron chi connectivity index (χ3n) is 4.94. The van der Waals surface area contributed by atoms with Crippen LogP contribution in [0, 0.1) is 0 Å². The lowest BCUT2D eigenvalue weighted by Gasteiger charge is -2.11. The highest BCUT2D eigenvalue weighted by Crippen LogP contribution is 2.19. The number of para-hydroxylation sites is 1. The smallest absolute Gasteiger partial charge is 0.338 e. The lowest BCUT2D eigenvalue weighted by Crippen LogP contribution is -2.22. The predicted molar refractivity (Wildman–Crippen MR) is 128 cm³/mol. The first kappa shape index (κ1) is 23.2. The van der Waals surface area contributed by atoms with E-state index < -0.39 is 24.4 Å². The molecule has 2 N–H and O–H groups in total. The SMILES string of the molecule is O=C(COC(=O)c1ccc(NC(=O)c2ccco2)cc1)Nc1ccccc1C(=O)c1ccccc1. The number of esters is 1. The van der Waals surface area contributed by atoms with E-state index in [1.54, 1.807) is 54.6 Å². The number of benzene rings is 3. The minimum atomic E-state index is -0.710. The van der Waals surface area contributed by atoms with E-state index in [1.807, 2.05) is 6.07 Å². The van der Waals surface area contributed by atoms with Crippen molar-refractivity contribution >= 4 is 34.9 Å². The fraction of sp³-hybridized carbons (Fsp3) is 0.0370. The highest BCUT2D eigenvalue weighted by Gasteiger charge is 2.16. The normalized spacial score (nSPS) is 10.3. The number of nitrogens with one attached hydrogen (secondary N) is 2. The summed E-state index contributed by atoms with van der Waals surface area (Å²) < 4.78 is 10.1. The number of furan rings is 1. The number of ketones is 1. The van der Waals surface area contributed by atoms with Crippen molar-refractivity contribution in [3.63, 3.8) is 0 Å². The van der Waals surface area contributed by atoms with Crippen LogP contribution in [0.25, 0.3) is 0 Å². The van der Waals surface area contributed by atoms with E-state index in [0.717, 1.165) is 0 Å². The zero-order valence-electron chi connectivity index (χ0n) is 18.4. The van der Waals surface area contributed by atoms with Gasteiger partial charge < -0.3 is 19.8 Å². The Kier molecular flexibility index (Phi) is 7.13. The Balaban J connectivity index is 1.33. The fourth-order valence-electron chi connectivity index (χ4n) is 3.23. The molecule has 0 spiro atoms. The molecule has 4 rings (SSSR count). The Bertz CT molecular complexity index is 1350. The average molecular weight is 468 g/mol. The van der Waals surface area contributed by atoms with Gasteiger partial charge >= 0.3 is 5.97 Å². The maximum absolute atomic E-state index is 12.8. The van der Waals surface area contributed by atoms with Crippen LogP contribution in [0.2, 0.25) is 0 Å². The third-order valence-corrected chi connectivity index (χ3v) is 4.94. The summed E-state index contributed by atoms with van der Waals surface area (Å²) in [6, 6.07) is 24.4. The third kappa shape index (κ3) is 5.88. The molecule has 0 atom stereocenters. The van der Waals surface area contributed by atoms with Crippen LogP contribution in [0.5, 0.6) is 0 Å². The second-order valence-corrected chi connectivity index (χ2v) is 7.37. The number of amides is 2. The monoisotopic (exact) mass is 468 g/mol. The standard InChI is InChI=1S/C27H20N2O6/c30-24(29-22-10-5-4-9-21(22)25(31)18-7-2-1-3-8-18)17-35-27(33)19-12-14-20(15-13-19)28-26(32)23-11-6-16-34-23/h1-16H,17H2,(H,28,32)(H,29,30). The van der Waals surface area contributed by atoms with E-state index in [2.05, 4.69) is 10.6 Å². The minimum absolute atomic E-state index is 0.159. The van der Waals surface area contributed by atoms with Crippen molar-refractivity contribution in [2.75, 3.05) is 17.2 Å². The van der Waals surface area contributed by atoms with Gasteiger partial charge in [0.15, 0.2) is 18.2 Å². The molecule has 0 unspecified atom stereocenters. The van der Waals surface area contributed by atoms with Crippen molar-refractivity contribution in [2.24, 2.45) is 0 Å². The first-order chi connectivity index (χ1) is 17.0. The summed E-state index contributed by atoms with van der Waals surface area (Å²) in [7, 11) is 0. The van der Waals surface area contributed by atoms with Gasteiger partial charge in [0.25, 0.3) is 11.8 Å². The van der Waals surface area contributed by atoms with Gasteiger partial charge in [0.1, 0.15) is 0 Å². The quantitative estimate of drug-likeness (QED) is 0.289. The van der Waals surface area contributed by atoms with Crippen molar-refractivity contribution < 1.29 is 28.3 Å². The first-order valence-corrected chi connectivity index (χ1v) is 10.6. The molecule has 0 fully saturated rings. The molecule has 0 aliphatic heterocycles. The Morgan fingerprint density at radius 2 is 1.43 bits per heavy atom. The van der Waals surface area contributed by atoms with Gasteiger partial charge in [-0.1, -0.05) is 42.5 Å². The number of rotatable bonds is 8. The molecule has 2 amide bonds. The van der Waals surface area contributed by atoms with Crippen molar-refractivity contribution in [1.82, 2.24) is 0 Å². The van der Waals surface area contributed by atoms with Crippen LogP contribution in [-0.4, -0.2) is 30.2 Å².